The van der Waals surface area contributed by atoms with E-state index in [-0.39, 0.29) is 27.6 Å². The number of nitrogens with zero attached hydrogens (tertiary/aromatic N) is 2. The van der Waals surface area contributed by atoms with Crippen LogP contribution in [0.15, 0.2) is 12.3 Å². The average Bonchev–Trinajstić information content (AvgIpc) is 3.14. The molecule has 1 heterocycles. The summed E-state index contributed by atoms with van der Waals surface area (Å²) >= 11 is 11.3. The lowest BCUT2D eigenvalue weighted by Crippen LogP contribution is -2.43. The zero-order valence-corrected chi connectivity index (χ0v) is 10.2. The number of rotatable bonds is 2. The molecule has 1 aromatic heterocycles. The van der Waals surface area contributed by atoms with Crippen LogP contribution in [0.3, 0.4) is 0 Å². The molecule has 17 heavy (non-hydrogen) atoms. The molecule has 0 bridgehead atoms. The van der Waals surface area contributed by atoms with E-state index in [2.05, 4.69) is 4.98 Å². The average molecular weight is 274 g/mol. The second-order valence-corrected chi connectivity index (χ2v) is 4.55. The van der Waals surface area contributed by atoms with Crippen LogP contribution < -0.4 is 5.84 Å². The van der Waals surface area contributed by atoms with Crippen molar-refractivity contribution in [1.29, 1.82) is 0 Å². The molecule has 2 rings (SSSR count). The minimum atomic E-state index is -0.632. The Balaban J connectivity index is 2.18. The first-order valence-electron chi connectivity index (χ1n) is 4.94. The van der Waals surface area contributed by atoms with E-state index in [1.807, 2.05) is 0 Å². The van der Waals surface area contributed by atoms with Crippen molar-refractivity contribution in [3.63, 3.8) is 0 Å². The molecule has 0 radical (unpaired) electrons. The van der Waals surface area contributed by atoms with Gasteiger partial charge in [-0.05, 0) is 18.9 Å². The molecule has 1 aliphatic carbocycles. The number of amides is 2. The molecule has 2 N–H and O–H groups in total. The van der Waals surface area contributed by atoms with Gasteiger partial charge >= 0.3 is 0 Å². The first kappa shape index (κ1) is 12.3. The van der Waals surface area contributed by atoms with E-state index in [0.717, 1.165) is 12.8 Å². The fraction of sp³-hybridized carbons (Fsp3) is 0.300. The van der Waals surface area contributed by atoms with Gasteiger partial charge in [-0.3, -0.25) is 9.59 Å². The summed E-state index contributed by atoms with van der Waals surface area (Å²) in [5.74, 6) is 4.32. The molecule has 0 aliphatic heterocycles. The third-order valence-electron chi connectivity index (χ3n) is 2.43. The fourth-order valence-corrected chi connectivity index (χ4v) is 1.57. The van der Waals surface area contributed by atoms with Gasteiger partial charge in [0.05, 0.1) is 10.6 Å². The number of carbonyl (C=O) groups is 2. The van der Waals surface area contributed by atoms with Crippen molar-refractivity contribution in [2.75, 3.05) is 0 Å². The van der Waals surface area contributed by atoms with Crippen molar-refractivity contribution < 1.29 is 9.59 Å². The van der Waals surface area contributed by atoms with Gasteiger partial charge in [0.1, 0.15) is 5.15 Å². The summed E-state index contributed by atoms with van der Waals surface area (Å²) in [6.45, 7) is 0. The standard InChI is InChI=1S/C10H9Cl2N3O2/c11-7-3-6(4-14-8(7)12)10(17)15(13)9(16)5-1-2-5/h3-5H,1-2,13H2. The SMILES string of the molecule is NN(C(=O)c1cnc(Cl)c(Cl)c1)C(=O)C1CC1. The van der Waals surface area contributed by atoms with Crippen molar-refractivity contribution in [2.24, 2.45) is 11.8 Å². The van der Waals surface area contributed by atoms with E-state index in [0.29, 0.717) is 5.01 Å². The Bertz CT molecular complexity index is 488. The zero-order valence-electron chi connectivity index (χ0n) is 8.69. The summed E-state index contributed by atoms with van der Waals surface area (Å²) in [5, 5.41) is 0.851. The van der Waals surface area contributed by atoms with Crippen LogP contribution in [0.1, 0.15) is 23.2 Å². The van der Waals surface area contributed by atoms with Crippen molar-refractivity contribution in [3.05, 3.63) is 28.0 Å². The second-order valence-electron chi connectivity index (χ2n) is 3.78. The van der Waals surface area contributed by atoms with E-state index in [1.54, 1.807) is 0 Å². The van der Waals surface area contributed by atoms with Crippen molar-refractivity contribution >= 4 is 35.0 Å². The summed E-state index contributed by atoms with van der Waals surface area (Å²) in [7, 11) is 0. The molecule has 0 atom stereocenters. The van der Waals surface area contributed by atoms with Gasteiger partial charge in [0.15, 0.2) is 0 Å². The molecule has 1 fully saturated rings. The number of hydrogen-bond donors (Lipinski definition) is 1. The smallest absolute Gasteiger partial charge is 0.273 e. The molecular formula is C10H9Cl2N3O2. The first-order chi connectivity index (χ1) is 8.00. The number of carbonyl (C=O) groups excluding carboxylic acids is 2. The molecule has 2 amide bonds. The predicted octanol–water partition coefficient (Wildman–Crippen LogP) is 1.64. The maximum Gasteiger partial charge on any atom is 0.276 e. The Morgan fingerprint density at radius 3 is 2.59 bits per heavy atom. The fourth-order valence-electron chi connectivity index (χ4n) is 1.30. The van der Waals surface area contributed by atoms with Gasteiger partial charge < -0.3 is 0 Å². The molecule has 0 saturated heterocycles. The maximum absolute atomic E-state index is 11.8. The molecule has 7 heteroatoms. The second kappa shape index (κ2) is 4.60. The highest BCUT2D eigenvalue weighted by Gasteiger charge is 2.35. The summed E-state index contributed by atoms with van der Waals surface area (Å²) < 4.78 is 0. The van der Waals surface area contributed by atoms with Crippen molar-refractivity contribution in [1.82, 2.24) is 9.99 Å². The lowest BCUT2D eigenvalue weighted by atomic mass is 10.2. The Kier molecular flexibility index (Phi) is 3.33. The molecule has 0 aromatic carbocycles. The van der Waals surface area contributed by atoms with Crippen LogP contribution in [0.5, 0.6) is 0 Å². The first-order valence-corrected chi connectivity index (χ1v) is 5.70. The third kappa shape index (κ3) is 2.57. The van der Waals surface area contributed by atoms with Gasteiger partial charge in [0.2, 0.25) is 5.91 Å². The van der Waals surface area contributed by atoms with E-state index >= 15 is 0 Å². The largest absolute Gasteiger partial charge is 0.276 e. The zero-order chi connectivity index (χ0) is 12.6. The van der Waals surface area contributed by atoms with Gasteiger partial charge in [-0.1, -0.05) is 23.2 Å². The van der Waals surface area contributed by atoms with Crippen LogP contribution in [-0.2, 0) is 4.79 Å². The number of hydrazine groups is 1. The van der Waals surface area contributed by atoms with Crippen LogP contribution in [-0.4, -0.2) is 21.8 Å². The number of nitrogens with two attached hydrogens (primary N) is 1. The molecule has 0 unspecified atom stereocenters. The topological polar surface area (TPSA) is 76.3 Å². The molecule has 90 valence electrons. The Hall–Kier alpha value is -1.17. The van der Waals surface area contributed by atoms with Gasteiger partial charge in [-0.15, -0.1) is 0 Å². The summed E-state index contributed by atoms with van der Waals surface area (Å²) in [6, 6.07) is 1.33. The van der Waals surface area contributed by atoms with Crippen LogP contribution >= 0.6 is 23.2 Å². The maximum atomic E-state index is 11.8. The van der Waals surface area contributed by atoms with Crippen LogP contribution in [0.4, 0.5) is 0 Å². The van der Waals surface area contributed by atoms with Crippen LogP contribution in [0.2, 0.25) is 10.2 Å². The van der Waals surface area contributed by atoms with Crippen LogP contribution in [0.25, 0.3) is 0 Å². The van der Waals surface area contributed by atoms with E-state index in [1.165, 1.54) is 12.3 Å². The minimum Gasteiger partial charge on any atom is -0.273 e. The molecule has 1 saturated carbocycles. The van der Waals surface area contributed by atoms with Gasteiger partial charge in [0, 0.05) is 12.1 Å². The minimum absolute atomic E-state index is 0.0975. The van der Waals surface area contributed by atoms with Crippen molar-refractivity contribution in [3.8, 4) is 0 Å². The highest BCUT2D eigenvalue weighted by Crippen LogP contribution is 2.30. The highest BCUT2D eigenvalue weighted by atomic mass is 35.5. The number of aromatic nitrogens is 1. The molecule has 0 spiro atoms. The summed E-state index contributed by atoms with van der Waals surface area (Å²) in [6.07, 6.45) is 2.79. The van der Waals surface area contributed by atoms with E-state index < -0.39 is 5.91 Å². The monoisotopic (exact) mass is 273 g/mol. The summed E-state index contributed by atoms with van der Waals surface area (Å²) in [4.78, 5) is 27.1. The van der Waals surface area contributed by atoms with Gasteiger partial charge in [0.25, 0.3) is 5.91 Å². The lowest BCUT2D eigenvalue weighted by Gasteiger charge is -2.14. The summed E-state index contributed by atoms with van der Waals surface area (Å²) in [5.41, 5.74) is 0.135. The van der Waals surface area contributed by atoms with Gasteiger partial charge in [-0.2, -0.15) is 0 Å². The van der Waals surface area contributed by atoms with Gasteiger partial charge in [-0.25, -0.2) is 15.8 Å². The number of pyridine rings is 1. The normalized spacial score (nSPS) is 14.5. The van der Waals surface area contributed by atoms with E-state index in [9.17, 15) is 9.59 Å². The lowest BCUT2D eigenvalue weighted by molar-refractivity contribution is -0.130. The number of hydrogen-bond acceptors (Lipinski definition) is 4. The Labute approximate surface area is 107 Å². The Morgan fingerprint density at radius 1 is 1.41 bits per heavy atom. The molecular weight excluding hydrogens is 265 g/mol. The quantitative estimate of drug-likeness (QED) is 0.292. The Morgan fingerprint density at radius 2 is 2.06 bits per heavy atom. The van der Waals surface area contributed by atoms with E-state index in [4.69, 9.17) is 29.0 Å². The number of imide groups is 1. The number of halogens is 2. The van der Waals surface area contributed by atoms with Crippen LogP contribution in [0, 0.1) is 5.92 Å². The highest BCUT2D eigenvalue weighted by molar-refractivity contribution is 6.41. The molecule has 1 aliphatic rings. The molecule has 5 nitrogen and oxygen atoms in total. The van der Waals surface area contributed by atoms with Crippen molar-refractivity contribution in [2.45, 2.75) is 12.8 Å². The molecule has 1 aromatic rings. The predicted molar refractivity (Wildman–Crippen MR) is 62.3 cm³/mol. The third-order valence-corrected chi connectivity index (χ3v) is 3.11.